The summed E-state index contributed by atoms with van der Waals surface area (Å²) in [6.45, 7) is 5.61. The topological polar surface area (TPSA) is 61.9 Å². The number of benzene rings is 1. The lowest BCUT2D eigenvalue weighted by molar-refractivity contribution is -0.117. The van der Waals surface area contributed by atoms with Gasteiger partial charge in [-0.05, 0) is 36.1 Å². The van der Waals surface area contributed by atoms with Crippen LogP contribution in [0.2, 0.25) is 5.02 Å². The van der Waals surface area contributed by atoms with Crippen LogP contribution in [0.1, 0.15) is 15.9 Å². The van der Waals surface area contributed by atoms with Gasteiger partial charge in [-0.3, -0.25) is 9.69 Å². The summed E-state index contributed by atoms with van der Waals surface area (Å²) in [5.41, 5.74) is 2.73. The lowest BCUT2D eigenvalue weighted by atomic mass is 10.1. The predicted octanol–water partition coefficient (Wildman–Crippen LogP) is 3.26. The Bertz CT molecular complexity index is 831. The maximum absolute atomic E-state index is 12.4. The quantitative estimate of drug-likeness (QED) is 0.771. The molecular weight excluding hydrogens is 386 g/mol. The summed E-state index contributed by atoms with van der Waals surface area (Å²) in [5.74, 6) is -0.577. The third-order valence-electron chi connectivity index (χ3n) is 4.57. The van der Waals surface area contributed by atoms with Crippen molar-refractivity contribution in [1.29, 1.82) is 0 Å². The number of rotatable bonds is 5. The standard InChI is InChI=1S/C19H22ClN3O3S/c1-13-3-4-14(20)11-16(13)23-8-6-22(7-9-23)12-17(24)21-18-15(5-10-27-18)19(25)26-2/h3-5,10-11H,6-9,12H2,1-2H3,(H,21,24). The Morgan fingerprint density at radius 1 is 1.22 bits per heavy atom. The number of piperazine rings is 1. The van der Waals surface area contributed by atoms with E-state index >= 15 is 0 Å². The van der Waals surface area contributed by atoms with E-state index in [0.717, 1.165) is 36.9 Å². The molecule has 2 heterocycles. The number of nitrogens with zero attached hydrogens (tertiary/aromatic N) is 2. The number of hydrogen-bond acceptors (Lipinski definition) is 6. The Morgan fingerprint density at radius 3 is 2.67 bits per heavy atom. The number of esters is 1. The summed E-state index contributed by atoms with van der Waals surface area (Å²) in [7, 11) is 1.33. The highest BCUT2D eigenvalue weighted by Gasteiger charge is 2.22. The summed E-state index contributed by atoms with van der Waals surface area (Å²) in [5, 5.41) is 5.84. The number of methoxy groups -OCH3 is 1. The molecule has 1 aliphatic heterocycles. The number of carbonyl (C=O) groups excluding carboxylic acids is 2. The average molecular weight is 408 g/mol. The fraction of sp³-hybridized carbons (Fsp3) is 0.368. The van der Waals surface area contributed by atoms with Crippen molar-refractivity contribution in [3.05, 3.63) is 45.8 Å². The monoisotopic (exact) mass is 407 g/mol. The van der Waals surface area contributed by atoms with Crippen LogP contribution in [0, 0.1) is 6.92 Å². The molecule has 0 atom stereocenters. The Kier molecular flexibility index (Phi) is 6.36. The number of amides is 1. The third-order valence-corrected chi connectivity index (χ3v) is 5.64. The number of nitrogens with one attached hydrogen (secondary N) is 1. The van der Waals surface area contributed by atoms with Gasteiger partial charge in [0.05, 0.1) is 19.2 Å². The second-order valence-electron chi connectivity index (χ2n) is 6.40. The van der Waals surface area contributed by atoms with Crippen molar-refractivity contribution in [1.82, 2.24) is 4.90 Å². The predicted molar refractivity (Wildman–Crippen MR) is 109 cm³/mol. The average Bonchev–Trinajstić information content (AvgIpc) is 3.11. The highest BCUT2D eigenvalue weighted by molar-refractivity contribution is 7.14. The second-order valence-corrected chi connectivity index (χ2v) is 7.75. The third kappa shape index (κ3) is 4.80. The molecule has 2 aromatic rings. The molecule has 27 heavy (non-hydrogen) atoms. The largest absolute Gasteiger partial charge is 0.465 e. The first-order valence-electron chi connectivity index (χ1n) is 8.67. The molecule has 1 aromatic heterocycles. The zero-order chi connectivity index (χ0) is 19.4. The van der Waals surface area contributed by atoms with Crippen molar-refractivity contribution in [2.45, 2.75) is 6.92 Å². The van der Waals surface area contributed by atoms with Crippen LogP contribution in [0.15, 0.2) is 29.6 Å². The molecule has 1 amide bonds. The van der Waals surface area contributed by atoms with Crippen LogP contribution in [0.3, 0.4) is 0 Å². The molecule has 3 rings (SSSR count). The fourth-order valence-corrected chi connectivity index (χ4v) is 4.07. The van der Waals surface area contributed by atoms with E-state index in [1.807, 2.05) is 18.2 Å². The van der Waals surface area contributed by atoms with Crippen LogP contribution in [-0.2, 0) is 9.53 Å². The molecule has 1 aliphatic rings. The van der Waals surface area contributed by atoms with Gasteiger partial charge in [0.15, 0.2) is 0 Å². The highest BCUT2D eigenvalue weighted by atomic mass is 35.5. The van der Waals surface area contributed by atoms with E-state index in [2.05, 4.69) is 22.0 Å². The van der Waals surface area contributed by atoms with Gasteiger partial charge in [-0.25, -0.2) is 4.79 Å². The minimum absolute atomic E-state index is 0.130. The number of anilines is 2. The maximum Gasteiger partial charge on any atom is 0.340 e. The van der Waals surface area contributed by atoms with Crippen LogP contribution in [0.5, 0.6) is 0 Å². The smallest absolute Gasteiger partial charge is 0.340 e. The van der Waals surface area contributed by atoms with Crippen molar-refractivity contribution in [2.24, 2.45) is 0 Å². The van der Waals surface area contributed by atoms with Crippen LogP contribution in [0.25, 0.3) is 0 Å². The van der Waals surface area contributed by atoms with Gasteiger partial charge in [0.25, 0.3) is 0 Å². The van der Waals surface area contributed by atoms with Crippen LogP contribution in [0.4, 0.5) is 10.7 Å². The SMILES string of the molecule is COC(=O)c1ccsc1NC(=O)CN1CCN(c2cc(Cl)ccc2C)CC1. The summed E-state index contributed by atoms with van der Waals surface area (Å²) in [6.07, 6.45) is 0. The van der Waals surface area contributed by atoms with E-state index in [1.165, 1.54) is 24.0 Å². The maximum atomic E-state index is 12.4. The molecule has 0 saturated carbocycles. The first-order chi connectivity index (χ1) is 13.0. The van der Waals surface area contributed by atoms with Crippen LogP contribution < -0.4 is 10.2 Å². The highest BCUT2D eigenvalue weighted by Crippen LogP contribution is 2.26. The molecule has 1 saturated heterocycles. The minimum Gasteiger partial charge on any atom is -0.465 e. The van der Waals surface area contributed by atoms with E-state index in [4.69, 9.17) is 16.3 Å². The van der Waals surface area contributed by atoms with Gasteiger partial charge in [-0.2, -0.15) is 0 Å². The number of carbonyl (C=O) groups is 2. The van der Waals surface area contributed by atoms with E-state index < -0.39 is 5.97 Å². The summed E-state index contributed by atoms with van der Waals surface area (Å²) >= 11 is 7.44. The first kappa shape index (κ1) is 19.7. The van der Waals surface area contributed by atoms with Crippen molar-refractivity contribution in [3.8, 4) is 0 Å². The van der Waals surface area contributed by atoms with Gasteiger partial charge in [-0.15, -0.1) is 11.3 Å². The number of aryl methyl sites for hydroxylation is 1. The summed E-state index contributed by atoms with van der Waals surface area (Å²) in [6, 6.07) is 7.56. The molecular formula is C19H22ClN3O3S. The van der Waals surface area contributed by atoms with Gasteiger partial charge in [0.1, 0.15) is 5.00 Å². The second kappa shape index (κ2) is 8.73. The van der Waals surface area contributed by atoms with E-state index in [0.29, 0.717) is 17.1 Å². The molecule has 0 radical (unpaired) electrons. The Labute approximate surface area is 167 Å². The zero-order valence-electron chi connectivity index (χ0n) is 15.3. The number of ether oxygens (including phenoxy) is 1. The van der Waals surface area contributed by atoms with Gasteiger partial charge in [-0.1, -0.05) is 17.7 Å². The molecule has 0 aliphatic carbocycles. The summed E-state index contributed by atoms with van der Waals surface area (Å²) < 4.78 is 4.73. The lowest BCUT2D eigenvalue weighted by Crippen LogP contribution is -2.48. The molecule has 1 fully saturated rings. The van der Waals surface area contributed by atoms with Gasteiger partial charge >= 0.3 is 5.97 Å². The van der Waals surface area contributed by atoms with Crippen LogP contribution >= 0.6 is 22.9 Å². The van der Waals surface area contributed by atoms with Gasteiger partial charge in [0, 0.05) is 36.9 Å². The van der Waals surface area contributed by atoms with Crippen LogP contribution in [-0.4, -0.2) is 56.6 Å². The van der Waals surface area contributed by atoms with Crippen molar-refractivity contribution >= 4 is 45.5 Å². The van der Waals surface area contributed by atoms with Gasteiger partial charge < -0.3 is 15.0 Å². The molecule has 0 bridgehead atoms. The lowest BCUT2D eigenvalue weighted by Gasteiger charge is -2.36. The molecule has 1 N–H and O–H groups in total. The van der Waals surface area contributed by atoms with E-state index in [9.17, 15) is 9.59 Å². The minimum atomic E-state index is -0.447. The molecule has 0 unspecified atom stereocenters. The fourth-order valence-electron chi connectivity index (χ4n) is 3.12. The number of hydrogen-bond donors (Lipinski definition) is 1. The Balaban J connectivity index is 1.53. The summed E-state index contributed by atoms with van der Waals surface area (Å²) in [4.78, 5) is 28.5. The number of thiophene rings is 1. The number of halogens is 1. The molecule has 144 valence electrons. The van der Waals surface area contributed by atoms with Crippen molar-refractivity contribution in [3.63, 3.8) is 0 Å². The van der Waals surface area contributed by atoms with Crippen molar-refractivity contribution < 1.29 is 14.3 Å². The Morgan fingerprint density at radius 2 is 1.96 bits per heavy atom. The van der Waals surface area contributed by atoms with E-state index in [-0.39, 0.29) is 5.91 Å². The Hall–Kier alpha value is -2.09. The molecule has 6 nitrogen and oxygen atoms in total. The van der Waals surface area contributed by atoms with Crippen molar-refractivity contribution in [2.75, 3.05) is 50.1 Å². The molecule has 8 heteroatoms. The van der Waals surface area contributed by atoms with E-state index in [1.54, 1.807) is 11.4 Å². The van der Waals surface area contributed by atoms with Gasteiger partial charge in [0.2, 0.25) is 5.91 Å². The first-order valence-corrected chi connectivity index (χ1v) is 9.93. The molecule has 1 aromatic carbocycles. The zero-order valence-corrected chi connectivity index (χ0v) is 16.9. The normalized spacial score (nSPS) is 14.9. The molecule has 0 spiro atoms.